The van der Waals surface area contributed by atoms with Crippen LogP contribution in [0.15, 0.2) is 18.2 Å². The molecule has 1 rings (SSSR count). The molecule has 0 heterocycles. The second-order valence-corrected chi connectivity index (χ2v) is 6.16. The predicted octanol–water partition coefficient (Wildman–Crippen LogP) is 5.96. The largest absolute Gasteiger partial charge is 0.325 e. The van der Waals surface area contributed by atoms with E-state index in [9.17, 15) is 13.6 Å². The van der Waals surface area contributed by atoms with Crippen molar-refractivity contribution in [3.8, 4) is 0 Å². The van der Waals surface area contributed by atoms with Crippen LogP contribution in [0.5, 0.6) is 0 Å². The first kappa shape index (κ1) is 20.4. The zero-order valence-electron chi connectivity index (χ0n) is 14.9. The normalized spacial score (nSPS) is 10.7. The molecule has 24 heavy (non-hydrogen) atoms. The van der Waals surface area contributed by atoms with Gasteiger partial charge in [0.1, 0.15) is 11.6 Å². The summed E-state index contributed by atoms with van der Waals surface area (Å²) in [4.78, 5) is 14.2. The molecule has 5 heteroatoms. The molecule has 0 radical (unpaired) electrons. The van der Waals surface area contributed by atoms with E-state index < -0.39 is 11.6 Å². The second-order valence-electron chi connectivity index (χ2n) is 6.16. The first-order valence-electron chi connectivity index (χ1n) is 9.09. The van der Waals surface area contributed by atoms with Crippen molar-refractivity contribution >= 4 is 11.7 Å². The van der Waals surface area contributed by atoms with Crippen molar-refractivity contribution in [1.82, 2.24) is 4.90 Å². The van der Waals surface area contributed by atoms with E-state index in [1.807, 2.05) is 0 Å². The molecular formula is C19H30F2N2O. The Morgan fingerprint density at radius 2 is 1.54 bits per heavy atom. The van der Waals surface area contributed by atoms with Crippen molar-refractivity contribution < 1.29 is 13.6 Å². The van der Waals surface area contributed by atoms with Crippen molar-refractivity contribution in [2.75, 3.05) is 18.4 Å². The SMILES string of the molecule is CCCCCCCN(CCCCC)C(=O)Nc1ccc(F)cc1F. The van der Waals surface area contributed by atoms with Crippen LogP contribution >= 0.6 is 0 Å². The van der Waals surface area contributed by atoms with Crippen LogP contribution < -0.4 is 5.32 Å². The van der Waals surface area contributed by atoms with Gasteiger partial charge in [-0.15, -0.1) is 0 Å². The van der Waals surface area contributed by atoms with E-state index in [1.54, 1.807) is 4.90 Å². The van der Waals surface area contributed by atoms with Crippen LogP contribution in [-0.2, 0) is 0 Å². The van der Waals surface area contributed by atoms with Gasteiger partial charge in [-0.25, -0.2) is 13.6 Å². The topological polar surface area (TPSA) is 32.3 Å². The summed E-state index contributed by atoms with van der Waals surface area (Å²) in [5, 5.41) is 2.56. The molecule has 2 amide bonds. The highest BCUT2D eigenvalue weighted by Gasteiger charge is 2.15. The summed E-state index contributed by atoms with van der Waals surface area (Å²) in [6.45, 7) is 5.61. The lowest BCUT2D eigenvalue weighted by Crippen LogP contribution is -2.36. The monoisotopic (exact) mass is 340 g/mol. The fraction of sp³-hybridized carbons (Fsp3) is 0.632. The lowest BCUT2D eigenvalue weighted by molar-refractivity contribution is 0.209. The van der Waals surface area contributed by atoms with E-state index in [2.05, 4.69) is 19.2 Å². The molecule has 0 fully saturated rings. The number of nitrogens with zero attached hydrogens (tertiary/aromatic N) is 1. The number of carbonyl (C=O) groups is 1. The van der Waals surface area contributed by atoms with E-state index >= 15 is 0 Å². The molecule has 0 saturated carbocycles. The van der Waals surface area contributed by atoms with Gasteiger partial charge in [-0.3, -0.25) is 0 Å². The number of nitrogens with one attached hydrogen (secondary N) is 1. The van der Waals surface area contributed by atoms with Crippen LogP contribution in [0.2, 0.25) is 0 Å². The van der Waals surface area contributed by atoms with Gasteiger partial charge < -0.3 is 10.2 Å². The molecule has 136 valence electrons. The zero-order valence-corrected chi connectivity index (χ0v) is 14.9. The van der Waals surface area contributed by atoms with Crippen molar-refractivity contribution in [3.63, 3.8) is 0 Å². The number of carbonyl (C=O) groups excluding carboxylic acids is 1. The molecule has 0 atom stereocenters. The van der Waals surface area contributed by atoms with Gasteiger partial charge in [0, 0.05) is 19.2 Å². The number of hydrogen-bond donors (Lipinski definition) is 1. The van der Waals surface area contributed by atoms with Crippen LogP contribution in [0.1, 0.15) is 65.2 Å². The van der Waals surface area contributed by atoms with E-state index in [-0.39, 0.29) is 11.7 Å². The van der Waals surface area contributed by atoms with Crippen LogP contribution in [0, 0.1) is 11.6 Å². The Kier molecular flexibility index (Phi) is 10.0. The Morgan fingerprint density at radius 1 is 0.958 bits per heavy atom. The summed E-state index contributed by atoms with van der Waals surface area (Å²) in [6.07, 6.45) is 8.69. The van der Waals surface area contributed by atoms with Gasteiger partial charge in [-0.05, 0) is 25.0 Å². The maximum atomic E-state index is 13.7. The van der Waals surface area contributed by atoms with Gasteiger partial charge in [0.15, 0.2) is 0 Å². The highest BCUT2D eigenvalue weighted by atomic mass is 19.1. The minimum atomic E-state index is -0.750. The number of amides is 2. The van der Waals surface area contributed by atoms with Crippen molar-refractivity contribution in [2.45, 2.75) is 65.2 Å². The van der Waals surface area contributed by atoms with Gasteiger partial charge in [0.2, 0.25) is 0 Å². The molecule has 0 aliphatic rings. The number of urea groups is 1. The Balaban J connectivity index is 2.57. The number of unbranched alkanes of at least 4 members (excludes halogenated alkanes) is 6. The molecule has 0 unspecified atom stereocenters. The van der Waals surface area contributed by atoms with Gasteiger partial charge in [0.05, 0.1) is 5.69 Å². The van der Waals surface area contributed by atoms with Gasteiger partial charge >= 0.3 is 6.03 Å². The Morgan fingerprint density at radius 3 is 2.17 bits per heavy atom. The van der Waals surface area contributed by atoms with Gasteiger partial charge in [-0.1, -0.05) is 52.4 Å². The summed E-state index contributed by atoms with van der Waals surface area (Å²) in [5.74, 6) is -1.40. The lowest BCUT2D eigenvalue weighted by atomic mass is 10.1. The molecule has 0 aliphatic carbocycles. The fourth-order valence-electron chi connectivity index (χ4n) is 2.56. The fourth-order valence-corrected chi connectivity index (χ4v) is 2.56. The summed E-state index contributed by atoms with van der Waals surface area (Å²) < 4.78 is 26.7. The second kappa shape index (κ2) is 11.8. The van der Waals surface area contributed by atoms with E-state index in [1.165, 1.54) is 25.3 Å². The summed E-state index contributed by atoms with van der Waals surface area (Å²) >= 11 is 0. The van der Waals surface area contributed by atoms with Crippen LogP contribution in [0.25, 0.3) is 0 Å². The molecule has 0 saturated heterocycles. The highest BCUT2D eigenvalue weighted by molar-refractivity contribution is 5.89. The third-order valence-corrected chi connectivity index (χ3v) is 4.02. The molecule has 0 bridgehead atoms. The maximum Gasteiger partial charge on any atom is 0.321 e. The molecule has 0 aliphatic heterocycles. The molecule has 1 N–H and O–H groups in total. The third-order valence-electron chi connectivity index (χ3n) is 4.02. The number of anilines is 1. The summed E-state index contributed by atoms with van der Waals surface area (Å²) in [7, 11) is 0. The van der Waals surface area contributed by atoms with Gasteiger partial charge in [0.25, 0.3) is 0 Å². The van der Waals surface area contributed by atoms with Gasteiger partial charge in [-0.2, -0.15) is 0 Å². The third kappa shape index (κ3) is 7.75. The average molecular weight is 340 g/mol. The lowest BCUT2D eigenvalue weighted by Gasteiger charge is -2.23. The summed E-state index contributed by atoms with van der Waals surface area (Å²) in [6, 6.07) is 2.87. The van der Waals surface area contributed by atoms with E-state index in [0.717, 1.165) is 44.2 Å². The van der Waals surface area contributed by atoms with Crippen molar-refractivity contribution in [1.29, 1.82) is 0 Å². The average Bonchev–Trinajstić information content (AvgIpc) is 2.55. The molecule has 1 aromatic carbocycles. The molecule has 3 nitrogen and oxygen atoms in total. The standard InChI is InChI=1S/C19H30F2N2O/c1-3-5-7-8-10-14-23(13-9-6-4-2)19(24)22-18-12-11-16(20)15-17(18)21/h11-12,15H,3-10,13-14H2,1-2H3,(H,22,24). The van der Waals surface area contributed by atoms with Crippen LogP contribution in [0.3, 0.4) is 0 Å². The minimum Gasteiger partial charge on any atom is -0.325 e. The zero-order chi connectivity index (χ0) is 17.8. The molecule has 0 aromatic heterocycles. The van der Waals surface area contributed by atoms with Crippen molar-refractivity contribution in [3.05, 3.63) is 29.8 Å². The molecule has 1 aromatic rings. The maximum absolute atomic E-state index is 13.7. The number of benzene rings is 1. The summed E-state index contributed by atoms with van der Waals surface area (Å²) in [5.41, 5.74) is 0.0212. The quantitative estimate of drug-likeness (QED) is 0.495. The number of rotatable bonds is 11. The Hall–Kier alpha value is -1.65. The predicted molar refractivity (Wildman–Crippen MR) is 95.2 cm³/mol. The van der Waals surface area contributed by atoms with Crippen LogP contribution in [0.4, 0.5) is 19.3 Å². The smallest absolute Gasteiger partial charge is 0.321 e. The Labute approximate surface area is 144 Å². The highest BCUT2D eigenvalue weighted by Crippen LogP contribution is 2.16. The van der Waals surface area contributed by atoms with Crippen molar-refractivity contribution in [2.24, 2.45) is 0 Å². The van der Waals surface area contributed by atoms with E-state index in [4.69, 9.17) is 0 Å². The number of halogens is 2. The molecular weight excluding hydrogens is 310 g/mol. The Bertz CT molecular complexity index is 494. The first-order chi connectivity index (χ1) is 11.6. The first-order valence-corrected chi connectivity index (χ1v) is 9.09. The van der Waals surface area contributed by atoms with Crippen LogP contribution in [-0.4, -0.2) is 24.0 Å². The van der Waals surface area contributed by atoms with E-state index in [0.29, 0.717) is 13.1 Å². The number of hydrogen-bond acceptors (Lipinski definition) is 1. The minimum absolute atomic E-state index is 0.0212. The molecule has 0 spiro atoms.